The highest BCUT2D eigenvalue weighted by Gasteiger charge is 2.33. The number of piperidine rings is 1. The second kappa shape index (κ2) is 9.76. The van der Waals surface area contributed by atoms with Crippen molar-refractivity contribution in [1.82, 2.24) is 10.2 Å². The van der Waals surface area contributed by atoms with Crippen molar-refractivity contribution in [3.05, 3.63) is 29.8 Å². The summed E-state index contributed by atoms with van der Waals surface area (Å²) in [5.74, 6) is -0.154. The Balaban J connectivity index is 1.76. The third kappa shape index (κ3) is 6.48. The summed E-state index contributed by atoms with van der Waals surface area (Å²) >= 11 is 0. The lowest BCUT2D eigenvalue weighted by Gasteiger charge is -2.35. The summed E-state index contributed by atoms with van der Waals surface area (Å²) in [6.07, 6.45) is 0.247. The maximum Gasteiger partial charge on any atom is 0.309 e. The topological polar surface area (TPSA) is 84.9 Å². The molecule has 1 saturated heterocycles. The maximum atomic E-state index is 12.4. The van der Waals surface area contributed by atoms with Crippen LogP contribution in [0, 0.1) is 11.3 Å². The minimum absolute atomic E-state index is 0.0931. The van der Waals surface area contributed by atoms with Gasteiger partial charge in [-0.05, 0) is 37.5 Å². The number of likely N-dealkylation sites (tertiary alicyclic amines) is 1. The van der Waals surface area contributed by atoms with E-state index in [0.717, 1.165) is 11.3 Å². The van der Waals surface area contributed by atoms with Gasteiger partial charge < -0.3 is 19.7 Å². The van der Waals surface area contributed by atoms with Crippen molar-refractivity contribution in [3.63, 3.8) is 0 Å². The number of nitrogens with one attached hydrogen (secondary N) is 1. The van der Waals surface area contributed by atoms with E-state index in [1.807, 2.05) is 45.0 Å². The minimum atomic E-state index is -0.866. The van der Waals surface area contributed by atoms with Gasteiger partial charge in [0, 0.05) is 25.0 Å². The Labute approximate surface area is 172 Å². The molecule has 1 aromatic carbocycles. The number of hydrogen-bond acceptors (Lipinski definition) is 5. The lowest BCUT2D eigenvalue weighted by molar-refractivity contribution is -0.161. The van der Waals surface area contributed by atoms with Crippen molar-refractivity contribution < 1.29 is 23.9 Å². The first-order chi connectivity index (χ1) is 13.6. The van der Waals surface area contributed by atoms with Crippen molar-refractivity contribution >= 4 is 17.8 Å². The Kier molecular flexibility index (Phi) is 7.65. The van der Waals surface area contributed by atoms with Crippen LogP contribution in [0.5, 0.6) is 5.75 Å². The van der Waals surface area contributed by atoms with Gasteiger partial charge in [0.2, 0.25) is 5.91 Å². The molecule has 1 heterocycles. The van der Waals surface area contributed by atoms with E-state index < -0.39 is 11.5 Å². The number of methoxy groups -OCH3 is 1. The molecule has 0 bridgehead atoms. The SMILES string of the molecule is COc1ccc(CNC(=O)[C@@H](C)OC(=O)C2CCN(C(=O)C(C)(C)C)CC2)cc1. The number of nitrogens with zero attached hydrogens (tertiary/aromatic N) is 1. The predicted octanol–water partition coefficient (Wildman–Crippen LogP) is 2.53. The number of rotatable bonds is 6. The molecular weight excluding hydrogens is 372 g/mol. The number of carbonyl (C=O) groups is 3. The molecule has 160 valence electrons. The van der Waals surface area contributed by atoms with Crippen LogP contribution in [0.2, 0.25) is 0 Å². The summed E-state index contributed by atoms with van der Waals surface area (Å²) in [7, 11) is 1.60. The molecule has 0 aromatic heterocycles. The second-order valence-corrected chi connectivity index (χ2v) is 8.46. The van der Waals surface area contributed by atoms with Gasteiger partial charge in [-0.2, -0.15) is 0 Å². The van der Waals surface area contributed by atoms with Gasteiger partial charge >= 0.3 is 5.97 Å². The van der Waals surface area contributed by atoms with Gasteiger partial charge in [-0.15, -0.1) is 0 Å². The average molecular weight is 405 g/mol. The van der Waals surface area contributed by atoms with Gasteiger partial charge in [0.05, 0.1) is 13.0 Å². The molecule has 29 heavy (non-hydrogen) atoms. The Bertz CT molecular complexity index is 716. The molecule has 0 radical (unpaired) electrons. The quantitative estimate of drug-likeness (QED) is 0.737. The monoisotopic (exact) mass is 404 g/mol. The molecule has 7 nitrogen and oxygen atoms in total. The number of amides is 2. The zero-order chi connectivity index (χ0) is 21.6. The highest BCUT2D eigenvalue weighted by molar-refractivity contribution is 5.84. The smallest absolute Gasteiger partial charge is 0.309 e. The van der Waals surface area contributed by atoms with Crippen LogP contribution in [-0.4, -0.2) is 49.0 Å². The lowest BCUT2D eigenvalue weighted by atomic mass is 9.91. The summed E-state index contributed by atoms with van der Waals surface area (Å²) in [6, 6.07) is 7.37. The Morgan fingerprint density at radius 2 is 1.72 bits per heavy atom. The molecule has 0 unspecified atom stereocenters. The van der Waals surface area contributed by atoms with E-state index in [4.69, 9.17) is 9.47 Å². The van der Waals surface area contributed by atoms with Gasteiger partial charge in [0.25, 0.3) is 5.91 Å². The summed E-state index contributed by atoms with van der Waals surface area (Å²) in [5, 5.41) is 2.77. The van der Waals surface area contributed by atoms with Crippen LogP contribution in [-0.2, 0) is 25.7 Å². The number of hydrogen-bond donors (Lipinski definition) is 1. The van der Waals surface area contributed by atoms with E-state index in [1.165, 1.54) is 0 Å². The largest absolute Gasteiger partial charge is 0.497 e. The fraction of sp³-hybridized carbons (Fsp3) is 0.591. The van der Waals surface area contributed by atoms with Gasteiger partial charge in [-0.1, -0.05) is 32.9 Å². The molecule has 1 aliphatic rings. The molecule has 0 spiro atoms. The minimum Gasteiger partial charge on any atom is -0.497 e. The van der Waals surface area contributed by atoms with Crippen LogP contribution in [0.3, 0.4) is 0 Å². The molecule has 1 N–H and O–H groups in total. The van der Waals surface area contributed by atoms with Gasteiger partial charge in [0.1, 0.15) is 5.75 Å². The van der Waals surface area contributed by atoms with Crippen molar-refractivity contribution in [1.29, 1.82) is 0 Å². The van der Waals surface area contributed by atoms with E-state index in [-0.39, 0.29) is 23.7 Å². The first-order valence-corrected chi connectivity index (χ1v) is 10.0. The molecule has 0 saturated carbocycles. The third-order valence-corrected chi connectivity index (χ3v) is 5.05. The van der Waals surface area contributed by atoms with Crippen molar-refractivity contribution in [2.24, 2.45) is 11.3 Å². The van der Waals surface area contributed by atoms with E-state index in [0.29, 0.717) is 32.5 Å². The number of esters is 1. The fourth-order valence-electron chi connectivity index (χ4n) is 3.19. The fourth-order valence-corrected chi connectivity index (χ4v) is 3.19. The first-order valence-electron chi connectivity index (χ1n) is 10.0. The third-order valence-electron chi connectivity index (χ3n) is 5.05. The van der Waals surface area contributed by atoms with E-state index in [9.17, 15) is 14.4 Å². The second-order valence-electron chi connectivity index (χ2n) is 8.46. The van der Waals surface area contributed by atoms with Gasteiger partial charge in [0.15, 0.2) is 6.10 Å². The molecule has 2 rings (SSSR count). The van der Waals surface area contributed by atoms with E-state index >= 15 is 0 Å². The standard InChI is InChI=1S/C22H32N2O5/c1-15(19(25)23-14-16-6-8-18(28-5)9-7-16)29-20(26)17-10-12-24(13-11-17)21(27)22(2,3)4/h6-9,15,17H,10-14H2,1-5H3,(H,23,25)/t15-/m1/s1. The number of carbonyl (C=O) groups excluding carboxylic acids is 3. The van der Waals surface area contributed by atoms with Crippen molar-refractivity contribution in [2.45, 2.75) is 53.2 Å². The molecule has 2 amide bonds. The highest BCUT2D eigenvalue weighted by atomic mass is 16.5. The summed E-state index contributed by atoms with van der Waals surface area (Å²) in [5.41, 5.74) is 0.498. The number of ether oxygens (including phenoxy) is 2. The van der Waals surface area contributed by atoms with Crippen LogP contribution in [0.15, 0.2) is 24.3 Å². The molecule has 0 aliphatic carbocycles. The molecule has 1 fully saturated rings. The zero-order valence-corrected chi connectivity index (χ0v) is 18.0. The van der Waals surface area contributed by atoms with Crippen LogP contribution in [0.25, 0.3) is 0 Å². The summed E-state index contributed by atoms with van der Waals surface area (Å²) in [6.45, 7) is 8.66. The van der Waals surface area contributed by atoms with E-state index in [2.05, 4.69) is 5.32 Å². The summed E-state index contributed by atoms with van der Waals surface area (Å²) in [4.78, 5) is 38.8. The molecule has 7 heteroatoms. The molecule has 1 atom stereocenters. The Morgan fingerprint density at radius 1 is 1.14 bits per heavy atom. The van der Waals surface area contributed by atoms with Crippen LogP contribution < -0.4 is 10.1 Å². The van der Waals surface area contributed by atoms with E-state index in [1.54, 1.807) is 18.9 Å². The van der Waals surface area contributed by atoms with Gasteiger partial charge in [-0.25, -0.2) is 0 Å². The molecule has 1 aromatic rings. The lowest BCUT2D eigenvalue weighted by Crippen LogP contribution is -2.46. The van der Waals surface area contributed by atoms with Crippen molar-refractivity contribution in [2.75, 3.05) is 20.2 Å². The first kappa shape index (κ1) is 22.7. The predicted molar refractivity (Wildman–Crippen MR) is 109 cm³/mol. The normalized spacial score (nSPS) is 16.1. The average Bonchev–Trinajstić information content (AvgIpc) is 2.71. The molecule has 1 aliphatic heterocycles. The van der Waals surface area contributed by atoms with Crippen LogP contribution in [0.1, 0.15) is 46.1 Å². The molecular formula is C22H32N2O5. The van der Waals surface area contributed by atoms with Crippen LogP contribution >= 0.6 is 0 Å². The number of benzene rings is 1. The Hall–Kier alpha value is -2.57. The van der Waals surface area contributed by atoms with Crippen LogP contribution in [0.4, 0.5) is 0 Å². The van der Waals surface area contributed by atoms with Crippen molar-refractivity contribution in [3.8, 4) is 5.75 Å². The Morgan fingerprint density at radius 3 is 2.24 bits per heavy atom. The summed E-state index contributed by atoms with van der Waals surface area (Å²) < 4.78 is 10.5. The highest BCUT2D eigenvalue weighted by Crippen LogP contribution is 2.24. The maximum absolute atomic E-state index is 12.4. The zero-order valence-electron chi connectivity index (χ0n) is 18.0. The van der Waals surface area contributed by atoms with Gasteiger partial charge in [-0.3, -0.25) is 14.4 Å².